The lowest BCUT2D eigenvalue weighted by molar-refractivity contribution is -0.132. The summed E-state index contributed by atoms with van der Waals surface area (Å²) in [6.07, 6.45) is 2.83. The van der Waals surface area contributed by atoms with Gasteiger partial charge in [-0.3, -0.25) is 0 Å². The maximum Gasteiger partial charge on any atom is 0.330 e. The van der Waals surface area contributed by atoms with Crippen LogP contribution in [0.25, 0.3) is 0 Å². The van der Waals surface area contributed by atoms with Crippen LogP contribution in [0.5, 0.6) is 0 Å². The van der Waals surface area contributed by atoms with Gasteiger partial charge in [0, 0.05) is 12.1 Å². The smallest absolute Gasteiger partial charge is 0.330 e. The molecule has 0 radical (unpaired) electrons. The van der Waals surface area contributed by atoms with Gasteiger partial charge >= 0.3 is 5.97 Å². The second-order valence-electron chi connectivity index (χ2n) is 2.95. The Morgan fingerprint density at radius 2 is 2.17 bits per heavy atom. The first-order chi connectivity index (χ1) is 5.57. The lowest BCUT2D eigenvalue weighted by atomic mass is 10.3. The van der Waals surface area contributed by atoms with E-state index in [0.717, 1.165) is 13.0 Å². The van der Waals surface area contributed by atoms with Crippen molar-refractivity contribution in [1.29, 1.82) is 0 Å². The molecule has 0 atom stereocenters. The van der Waals surface area contributed by atoms with Gasteiger partial charge < -0.3 is 10.0 Å². The highest BCUT2D eigenvalue weighted by atomic mass is 16.4. The molecular weight excluding hydrogens is 154 g/mol. The standard InChI is InChI=1S/C9H17NO2/c1-4-6-10(3)7-5-8(2)9(11)12/h5H,4,6-7H2,1-3H3,(H,11,12). The summed E-state index contributed by atoms with van der Waals surface area (Å²) >= 11 is 0. The minimum absolute atomic E-state index is 0.415. The van der Waals surface area contributed by atoms with Crippen LogP contribution in [0.15, 0.2) is 11.6 Å². The quantitative estimate of drug-likeness (QED) is 0.635. The fraction of sp³-hybridized carbons (Fsp3) is 0.667. The van der Waals surface area contributed by atoms with Gasteiger partial charge in [-0.15, -0.1) is 0 Å². The number of carboxylic acids is 1. The largest absolute Gasteiger partial charge is 0.478 e. The fourth-order valence-electron chi connectivity index (χ4n) is 0.853. The van der Waals surface area contributed by atoms with Gasteiger partial charge in [0.15, 0.2) is 0 Å². The third kappa shape index (κ3) is 4.91. The summed E-state index contributed by atoms with van der Waals surface area (Å²) in [6, 6.07) is 0. The van der Waals surface area contributed by atoms with Crippen LogP contribution in [0.4, 0.5) is 0 Å². The minimum Gasteiger partial charge on any atom is -0.478 e. The van der Waals surface area contributed by atoms with Gasteiger partial charge in [0.2, 0.25) is 0 Å². The van der Waals surface area contributed by atoms with E-state index in [-0.39, 0.29) is 0 Å². The van der Waals surface area contributed by atoms with Gasteiger partial charge in [-0.25, -0.2) is 4.79 Å². The van der Waals surface area contributed by atoms with Crippen LogP contribution in [0.1, 0.15) is 20.3 Å². The van der Waals surface area contributed by atoms with E-state index in [9.17, 15) is 4.79 Å². The van der Waals surface area contributed by atoms with Gasteiger partial charge in [0.05, 0.1) is 0 Å². The summed E-state index contributed by atoms with van der Waals surface area (Å²) in [6.45, 7) is 5.43. The Hall–Kier alpha value is -0.830. The molecule has 70 valence electrons. The van der Waals surface area contributed by atoms with E-state index < -0.39 is 5.97 Å². The van der Waals surface area contributed by atoms with E-state index in [1.165, 1.54) is 0 Å². The molecule has 0 saturated carbocycles. The number of aliphatic carboxylic acids is 1. The first-order valence-corrected chi connectivity index (χ1v) is 4.16. The molecule has 0 saturated heterocycles. The molecule has 0 fully saturated rings. The van der Waals surface area contributed by atoms with Gasteiger partial charge in [-0.2, -0.15) is 0 Å². The van der Waals surface area contributed by atoms with Crippen LogP contribution in [-0.2, 0) is 4.79 Å². The lowest BCUT2D eigenvalue weighted by Crippen LogP contribution is -2.19. The highest BCUT2D eigenvalue weighted by molar-refractivity contribution is 5.85. The van der Waals surface area contributed by atoms with Gasteiger partial charge in [0.1, 0.15) is 0 Å². The third-order valence-electron chi connectivity index (χ3n) is 1.65. The highest BCUT2D eigenvalue weighted by Crippen LogP contribution is 1.94. The molecule has 0 unspecified atom stereocenters. The molecule has 0 spiro atoms. The fourth-order valence-corrected chi connectivity index (χ4v) is 0.853. The van der Waals surface area contributed by atoms with Crippen molar-refractivity contribution in [1.82, 2.24) is 4.90 Å². The van der Waals surface area contributed by atoms with E-state index in [4.69, 9.17) is 5.11 Å². The molecule has 0 aliphatic carbocycles. The summed E-state index contributed by atoms with van der Waals surface area (Å²) < 4.78 is 0. The van der Waals surface area contributed by atoms with Crippen LogP contribution in [0.3, 0.4) is 0 Å². The van der Waals surface area contributed by atoms with E-state index in [1.807, 2.05) is 7.05 Å². The molecule has 0 bridgehead atoms. The molecule has 0 amide bonds. The first-order valence-electron chi connectivity index (χ1n) is 4.16. The van der Waals surface area contributed by atoms with E-state index in [1.54, 1.807) is 13.0 Å². The molecule has 0 heterocycles. The van der Waals surface area contributed by atoms with Gasteiger partial charge in [-0.1, -0.05) is 13.0 Å². The molecule has 0 rings (SSSR count). The van der Waals surface area contributed by atoms with Crippen LogP contribution >= 0.6 is 0 Å². The molecule has 0 aliphatic rings. The number of rotatable bonds is 5. The summed E-state index contributed by atoms with van der Waals surface area (Å²) in [5.74, 6) is -0.833. The first kappa shape index (κ1) is 11.2. The summed E-state index contributed by atoms with van der Waals surface area (Å²) in [7, 11) is 1.98. The zero-order valence-corrected chi connectivity index (χ0v) is 8.00. The number of carbonyl (C=O) groups is 1. The van der Waals surface area contributed by atoms with Crippen molar-refractivity contribution in [2.24, 2.45) is 0 Å². The lowest BCUT2D eigenvalue weighted by Gasteiger charge is -2.12. The minimum atomic E-state index is -0.833. The topological polar surface area (TPSA) is 40.5 Å². The zero-order chi connectivity index (χ0) is 9.56. The molecule has 12 heavy (non-hydrogen) atoms. The SMILES string of the molecule is CCCN(C)CC=C(C)C(=O)O. The number of hydrogen-bond donors (Lipinski definition) is 1. The highest BCUT2D eigenvalue weighted by Gasteiger charge is 1.99. The molecule has 3 heteroatoms. The van der Waals surface area contributed by atoms with Crippen LogP contribution in [0, 0.1) is 0 Å². The third-order valence-corrected chi connectivity index (χ3v) is 1.65. The van der Waals surface area contributed by atoms with Crippen molar-refractivity contribution in [3.63, 3.8) is 0 Å². The van der Waals surface area contributed by atoms with Gasteiger partial charge in [0.25, 0.3) is 0 Å². The Kier molecular flexibility index (Phi) is 5.37. The summed E-state index contributed by atoms with van der Waals surface area (Å²) in [4.78, 5) is 12.5. The zero-order valence-electron chi connectivity index (χ0n) is 8.00. The second kappa shape index (κ2) is 5.77. The predicted octanol–water partition coefficient (Wildman–Crippen LogP) is 1.36. The van der Waals surface area contributed by atoms with Crippen molar-refractivity contribution in [3.8, 4) is 0 Å². The monoisotopic (exact) mass is 171 g/mol. The maximum absolute atomic E-state index is 10.4. The maximum atomic E-state index is 10.4. The van der Waals surface area contributed by atoms with E-state index in [2.05, 4.69) is 11.8 Å². The van der Waals surface area contributed by atoms with Crippen LogP contribution < -0.4 is 0 Å². The Balaban J connectivity index is 3.79. The Bertz CT molecular complexity index is 175. The Labute approximate surface area is 73.7 Å². The van der Waals surface area contributed by atoms with Crippen molar-refractivity contribution < 1.29 is 9.90 Å². The number of likely N-dealkylation sites (N-methyl/N-ethyl adjacent to an activating group) is 1. The molecule has 1 N–H and O–H groups in total. The number of carboxylic acid groups (broad SMARTS) is 1. The molecule has 0 aromatic rings. The average molecular weight is 171 g/mol. The van der Waals surface area contributed by atoms with E-state index in [0.29, 0.717) is 12.1 Å². The van der Waals surface area contributed by atoms with Crippen molar-refractivity contribution in [3.05, 3.63) is 11.6 Å². The molecular formula is C9H17NO2. The molecule has 0 aromatic carbocycles. The van der Waals surface area contributed by atoms with Crippen molar-refractivity contribution in [2.75, 3.05) is 20.1 Å². The van der Waals surface area contributed by atoms with Crippen molar-refractivity contribution in [2.45, 2.75) is 20.3 Å². The van der Waals surface area contributed by atoms with Gasteiger partial charge in [-0.05, 0) is 26.9 Å². The average Bonchev–Trinajstić information content (AvgIpc) is 2.00. The molecule has 0 aliphatic heterocycles. The molecule has 0 aromatic heterocycles. The summed E-state index contributed by atoms with van der Waals surface area (Å²) in [5.41, 5.74) is 0.415. The Morgan fingerprint density at radius 1 is 1.58 bits per heavy atom. The predicted molar refractivity (Wildman–Crippen MR) is 49.2 cm³/mol. The van der Waals surface area contributed by atoms with Crippen LogP contribution in [0.2, 0.25) is 0 Å². The second-order valence-corrected chi connectivity index (χ2v) is 2.95. The normalized spacial score (nSPS) is 12.2. The summed E-state index contributed by atoms with van der Waals surface area (Å²) in [5, 5.41) is 8.54. The Morgan fingerprint density at radius 3 is 2.58 bits per heavy atom. The van der Waals surface area contributed by atoms with Crippen molar-refractivity contribution >= 4 is 5.97 Å². The van der Waals surface area contributed by atoms with Crippen LogP contribution in [-0.4, -0.2) is 36.1 Å². The van der Waals surface area contributed by atoms with E-state index >= 15 is 0 Å². The number of nitrogens with zero attached hydrogens (tertiary/aromatic N) is 1. The molecule has 3 nitrogen and oxygen atoms in total. The number of hydrogen-bond acceptors (Lipinski definition) is 2.